The zero-order valence-electron chi connectivity index (χ0n) is 13.5. The molecule has 1 aromatic rings. The summed E-state index contributed by atoms with van der Waals surface area (Å²) in [4.78, 5) is 10.9. The Bertz CT molecular complexity index is 526. The quantitative estimate of drug-likeness (QED) is 0.641. The monoisotopic (exact) mass is 290 g/mol. The number of nitro benzene ring substituents is 1. The molecule has 4 nitrogen and oxygen atoms in total. The molecule has 0 saturated heterocycles. The van der Waals surface area contributed by atoms with Gasteiger partial charge in [-0.1, -0.05) is 33.8 Å². The number of aryl methyl sites for hydroxylation is 1. The Labute approximate surface area is 127 Å². The van der Waals surface area contributed by atoms with Crippen LogP contribution in [-0.2, 0) is 6.42 Å². The van der Waals surface area contributed by atoms with Crippen LogP contribution in [0.3, 0.4) is 0 Å². The Morgan fingerprint density at radius 3 is 2.71 bits per heavy atom. The third-order valence-corrected chi connectivity index (χ3v) is 4.71. The van der Waals surface area contributed by atoms with Crippen molar-refractivity contribution < 1.29 is 4.92 Å². The molecule has 1 N–H and O–H groups in total. The van der Waals surface area contributed by atoms with E-state index >= 15 is 0 Å². The first-order valence-electron chi connectivity index (χ1n) is 7.86. The SMILES string of the molecule is CCc1ccc(NC2CCC(C)(C)CC2C)cc1[N+](=O)[O-]. The number of nitrogens with one attached hydrogen (secondary N) is 1. The minimum Gasteiger partial charge on any atom is -0.382 e. The summed E-state index contributed by atoms with van der Waals surface area (Å²) in [6.45, 7) is 8.86. The fourth-order valence-electron chi connectivity index (χ4n) is 3.50. The molecule has 1 aliphatic carbocycles. The van der Waals surface area contributed by atoms with Crippen molar-refractivity contribution >= 4 is 11.4 Å². The van der Waals surface area contributed by atoms with Gasteiger partial charge in [0.05, 0.1) is 4.92 Å². The van der Waals surface area contributed by atoms with Crippen molar-refractivity contribution in [3.8, 4) is 0 Å². The Hall–Kier alpha value is -1.58. The van der Waals surface area contributed by atoms with E-state index in [0.717, 1.165) is 17.7 Å². The summed E-state index contributed by atoms with van der Waals surface area (Å²) in [5, 5.41) is 14.7. The summed E-state index contributed by atoms with van der Waals surface area (Å²) in [7, 11) is 0. The lowest BCUT2D eigenvalue weighted by atomic mass is 9.70. The van der Waals surface area contributed by atoms with E-state index in [1.54, 1.807) is 6.07 Å². The van der Waals surface area contributed by atoms with E-state index in [2.05, 4.69) is 26.1 Å². The Kier molecular flexibility index (Phi) is 4.55. The molecular formula is C17H26N2O2. The topological polar surface area (TPSA) is 55.2 Å². The molecule has 0 aliphatic heterocycles. The number of hydrogen-bond acceptors (Lipinski definition) is 3. The lowest BCUT2D eigenvalue weighted by molar-refractivity contribution is -0.385. The molecule has 0 bridgehead atoms. The van der Waals surface area contributed by atoms with E-state index in [1.165, 1.54) is 12.8 Å². The predicted molar refractivity (Wildman–Crippen MR) is 86.7 cm³/mol. The van der Waals surface area contributed by atoms with Gasteiger partial charge in [0.2, 0.25) is 0 Å². The zero-order valence-corrected chi connectivity index (χ0v) is 13.5. The van der Waals surface area contributed by atoms with E-state index in [0.29, 0.717) is 23.8 Å². The second kappa shape index (κ2) is 6.04. The lowest BCUT2D eigenvalue weighted by Crippen LogP contribution is -2.36. The van der Waals surface area contributed by atoms with Gasteiger partial charge >= 0.3 is 0 Å². The van der Waals surface area contributed by atoms with Gasteiger partial charge in [-0.2, -0.15) is 0 Å². The lowest BCUT2D eigenvalue weighted by Gasteiger charge is -2.40. The number of nitro groups is 1. The van der Waals surface area contributed by atoms with Gasteiger partial charge < -0.3 is 5.32 Å². The first-order valence-corrected chi connectivity index (χ1v) is 7.86. The fourth-order valence-corrected chi connectivity index (χ4v) is 3.50. The maximum atomic E-state index is 11.2. The molecule has 2 rings (SSSR count). The number of anilines is 1. The van der Waals surface area contributed by atoms with Gasteiger partial charge in [-0.3, -0.25) is 10.1 Å². The van der Waals surface area contributed by atoms with Crippen LogP contribution < -0.4 is 5.32 Å². The van der Waals surface area contributed by atoms with Crippen LogP contribution in [0.25, 0.3) is 0 Å². The zero-order chi connectivity index (χ0) is 15.6. The van der Waals surface area contributed by atoms with Crippen LogP contribution >= 0.6 is 0 Å². The molecular weight excluding hydrogens is 264 g/mol. The average molecular weight is 290 g/mol. The molecule has 2 atom stereocenters. The molecule has 0 spiro atoms. The fraction of sp³-hybridized carbons (Fsp3) is 0.647. The third-order valence-electron chi connectivity index (χ3n) is 4.71. The summed E-state index contributed by atoms with van der Waals surface area (Å²) in [5.41, 5.74) is 2.31. The smallest absolute Gasteiger partial charge is 0.274 e. The molecule has 1 saturated carbocycles. The molecule has 1 aromatic carbocycles. The van der Waals surface area contributed by atoms with Gasteiger partial charge in [-0.05, 0) is 43.1 Å². The van der Waals surface area contributed by atoms with Crippen molar-refractivity contribution in [3.63, 3.8) is 0 Å². The Morgan fingerprint density at radius 1 is 1.43 bits per heavy atom. The number of rotatable bonds is 4. The van der Waals surface area contributed by atoms with E-state index in [4.69, 9.17) is 0 Å². The largest absolute Gasteiger partial charge is 0.382 e. The van der Waals surface area contributed by atoms with Crippen molar-refractivity contribution in [2.75, 3.05) is 5.32 Å². The average Bonchev–Trinajstić information content (AvgIpc) is 2.41. The van der Waals surface area contributed by atoms with Crippen molar-refractivity contribution in [2.24, 2.45) is 11.3 Å². The third kappa shape index (κ3) is 3.74. The Morgan fingerprint density at radius 2 is 2.14 bits per heavy atom. The van der Waals surface area contributed by atoms with Crippen molar-refractivity contribution in [2.45, 2.75) is 59.4 Å². The summed E-state index contributed by atoms with van der Waals surface area (Å²) >= 11 is 0. The summed E-state index contributed by atoms with van der Waals surface area (Å²) in [6.07, 6.45) is 4.20. The van der Waals surface area contributed by atoms with Crippen molar-refractivity contribution in [1.82, 2.24) is 0 Å². The maximum Gasteiger partial charge on any atom is 0.274 e. The van der Waals surface area contributed by atoms with Crippen molar-refractivity contribution in [3.05, 3.63) is 33.9 Å². The van der Waals surface area contributed by atoms with Gasteiger partial charge in [0.1, 0.15) is 0 Å². The molecule has 0 aromatic heterocycles. The Balaban J connectivity index is 2.13. The van der Waals surface area contributed by atoms with Gasteiger partial charge in [-0.25, -0.2) is 0 Å². The van der Waals surface area contributed by atoms with E-state index < -0.39 is 0 Å². The first-order chi connectivity index (χ1) is 9.82. The summed E-state index contributed by atoms with van der Waals surface area (Å²) < 4.78 is 0. The highest BCUT2D eigenvalue weighted by atomic mass is 16.6. The van der Waals surface area contributed by atoms with Crippen LogP contribution in [0.2, 0.25) is 0 Å². The summed E-state index contributed by atoms with van der Waals surface area (Å²) in [5.74, 6) is 0.582. The molecule has 1 fully saturated rings. The van der Waals surface area contributed by atoms with E-state index in [-0.39, 0.29) is 10.6 Å². The molecule has 1 aliphatic rings. The first kappa shape index (κ1) is 15.8. The number of benzene rings is 1. The molecule has 2 unspecified atom stereocenters. The van der Waals surface area contributed by atoms with E-state index in [1.807, 2.05) is 19.1 Å². The highest BCUT2D eigenvalue weighted by Crippen LogP contribution is 2.39. The molecule has 4 heteroatoms. The molecule has 21 heavy (non-hydrogen) atoms. The minimum atomic E-state index is -0.280. The van der Waals surface area contributed by atoms with Crippen LogP contribution in [-0.4, -0.2) is 11.0 Å². The number of hydrogen-bond donors (Lipinski definition) is 1. The number of nitrogens with zero attached hydrogens (tertiary/aromatic N) is 1. The van der Waals surface area contributed by atoms with Crippen LogP contribution in [0.15, 0.2) is 18.2 Å². The van der Waals surface area contributed by atoms with E-state index in [9.17, 15) is 10.1 Å². The van der Waals surface area contributed by atoms with Gasteiger partial charge in [-0.15, -0.1) is 0 Å². The predicted octanol–water partition coefficient (Wildman–Crippen LogP) is 4.78. The standard InChI is InChI=1S/C17H26N2O2/c1-5-13-6-7-14(10-16(13)19(20)21)18-15-8-9-17(3,4)11-12(15)2/h6-7,10,12,15,18H,5,8-9,11H2,1-4H3. The van der Waals surface area contributed by atoms with Crippen LogP contribution in [0.5, 0.6) is 0 Å². The van der Waals surface area contributed by atoms with Crippen LogP contribution in [0.1, 0.15) is 52.5 Å². The molecule has 0 amide bonds. The molecule has 0 radical (unpaired) electrons. The maximum absolute atomic E-state index is 11.2. The van der Waals surface area contributed by atoms with Gasteiger partial charge in [0.15, 0.2) is 0 Å². The highest BCUT2D eigenvalue weighted by Gasteiger charge is 2.32. The van der Waals surface area contributed by atoms with Crippen molar-refractivity contribution in [1.29, 1.82) is 0 Å². The second-order valence-electron chi connectivity index (χ2n) is 7.09. The molecule has 116 valence electrons. The van der Waals surface area contributed by atoms with Gasteiger partial charge in [0, 0.05) is 23.4 Å². The second-order valence-corrected chi connectivity index (χ2v) is 7.09. The van der Waals surface area contributed by atoms with Crippen LogP contribution in [0.4, 0.5) is 11.4 Å². The minimum absolute atomic E-state index is 0.228. The normalized spacial score (nSPS) is 24.6. The van der Waals surface area contributed by atoms with Gasteiger partial charge in [0.25, 0.3) is 5.69 Å². The highest BCUT2D eigenvalue weighted by molar-refractivity contribution is 5.55. The van der Waals surface area contributed by atoms with Crippen LogP contribution in [0, 0.1) is 21.4 Å². The summed E-state index contributed by atoms with van der Waals surface area (Å²) in [6, 6.07) is 5.94. The molecule has 0 heterocycles.